The second-order valence-electron chi connectivity index (χ2n) is 5.80. The van der Waals surface area contributed by atoms with E-state index in [9.17, 15) is 4.79 Å². The van der Waals surface area contributed by atoms with Gasteiger partial charge in [0.15, 0.2) is 0 Å². The third kappa shape index (κ3) is 2.99. The van der Waals surface area contributed by atoms with Crippen molar-refractivity contribution < 1.29 is 9.53 Å². The van der Waals surface area contributed by atoms with Crippen LogP contribution in [0.2, 0.25) is 0 Å². The Kier molecular flexibility index (Phi) is 3.73. The summed E-state index contributed by atoms with van der Waals surface area (Å²) >= 11 is 0. The van der Waals surface area contributed by atoms with Crippen molar-refractivity contribution in [3.8, 4) is 0 Å². The SMILES string of the molecule is CC1(CNC(=O)C2(N)CCCCC2)CCCO1. The molecule has 0 bridgehead atoms. The number of hydrogen-bond acceptors (Lipinski definition) is 3. The molecule has 1 atom stereocenters. The zero-order valence-corrected chi connectivity index (χ0v) is 10.8. The number of hydrogen-bond donors (Lipinski definition) is 2. The molecule has 1 saturated heterocycles. The lowest BCUT2D eigenvalue weighted by Crippen LogP contribution is -2.57. The fraction of sp³-hybridized carbons (Fsp3) is 0.923. The van der Waals surface area contributed by atoms with Gasteiger partial charge in [0.05, 0.1) is 11.1 Å². The van der Waals surface area contributed by atoms with Crippen molar-refractivity contribution in [3.63, 3.8) is 0 Å². The minimum absolute atomic E-state index is 0.00826. The van der Waals surface area contributed by atoms with Crippen LogP contribution in [0.5, 0.6) is 0 Å². The zero-order chi connectivity index (χ0) is 12.4. The molecule has 3 N–H and O–H groups in total. The molecule has 1 heterocycles. The quantitative estimate of drug-likeness (QED) is 0.782. The number of carbonyl (C=O) groups is 1. The number of ether oxygens (including phenoxy) is 1. The topological polar surface area (TPSA) is 64.4 Å². The molecule has 1 amide bonds. The first-order valence-corrected chi connectivity index (χ1v) is 6.75. The minimum Gasteiger partial charge on any atom is -0.373 e. The summed E-state index contributed by atoms with van der Waals surface area (Å²) in [6, 6.07) is 0. The highest BCUT2D eigenvalue weighted by Crippen LogP contribution is 2.27. The van der Waals surface area contributed by atoms with Crippen molar-refractivity contribution in [2.45, 2.75) is 63.0 Å². The molecular formula is C13H24N2O2. The summed E-state index contributed by atoms with van der Waals surface area (Å²) in [5, 5.41) is 2.99. The predicted octanol–water partition coefficient (Wildman–Crippen LogP) is 1.33. The Labute approximate surface area is 103 Å². The van der Waals surface area contributed by atoms with Crippen molar-refractivity contribution in [2.75, 3.05) is 13.2 Å². The highest BCUT2D eigenvalue weighted by atomic mass is 16.5. The zero-order valence-electron chi connectivity index (χ0n) is 10.8. The van der Waals surface area contributed by atoms with Gasteiger partial charge in [-0.15, -0.1) is 0 Å². The number of nitrogens with one attached hydrogen (secondary N) is 1. The largest absolute Gasteiger partial charge is 0.373 e. The first-order valence-electron chi connectivity index (χ1n) is 6.75. The molecule has 4 heteroatoms. The number of amides is 1. The summed E-state index contributed by atoms with van der Waals surface area (Å²) in [5.41, 5.74) is 5.37. The Morgan fingerprint density at radius 1 is 1.24 bits per heavy atom. The first kappa shape index (κ1) is 12.8. The molecule has 0 aromatic heterocycles. The fourth-order valence-corrected chi connectivity index (χ4v) is 2.83. The van der Waals surface area contributed by atoms with Gasteiger partial charge in [0, 0.05) is 13.2 Å². The van der Waals surface area contributed by atoms with Crippen molar-refractivity contribution in [2.24, 2.45) is 5.73 Å². The Balaban J connectivity index is 1.84. The molecule has 4 nitrogen and oxygen atoms in total. The lowest BCUT2D eigenvalue weighted by Gasteiger charge is -2.33. The van der Waals surface area contributed by atoms with Crippen LogP contribution in [0.25, 0.3) is 0 Å². The molecule has 2 fully saturated rings. The van der Waals surface area contributed by atoms with Crippen LogP contribution in [0.3, 0.4) is 0 Å². The third-order valence-corrected chi connectivity index (χ3v) is 4.12. The van der Waals surface area contributed by atoms with Crippen LogP contribution in [-0.2, 0) is 9.53 Å². The summed E-state index contributed by atoms with van der Waals surface area (Å²) in [7, 11) is 0. The predicted molar refractivity (Wildman–Crippen MR) is 66.6 cm³/mol. The van der Waals surface area contributed by atoms with E-state index in [1.807, 2.05) is 0 Å². The average molecular weight is 240 g/mol. The molecule has 98 valence electrons. The van der Waals surface area contributed by atoms with Crippen LogP contribution in [0.15, 0.2) is 0 Å². The van der Waals surface area contributed by atoms with Crippen molar-refractivity contribution >= 4 is 5.91 Å². The average Bonchev–Trinajstić information content (AvgIpc) is 2.75. The maximum Gasteiger partial charge on any atom is 0.240 e. The number of rotatable bonds is 3. The molecule has 0 spiro atoms. The number of nitrogens with two attached hydrogens (primary N) is 1. The molecule has 1 saturated carbocycles. The van der Waals surface area contributed by atoms with Crippen LogP contribution in [0, 0.1) is 0 Å². The van der Waals surface area contributed by atoms with E-state index in [2.05, 4.69) is 12.2 Å². The van der Waals surface area contributed by atoms with Gasteiger partial charge < -0.3 is 15.8 Å². The van der Waals surface area contributed by atoms with Gasteiger partial charge in [-0.2, -0.15) is 0 Å². The van der Waals surface area contributed by atoms with Crippen molar-refractivity contribution in [1.82, 2.24) is 5.32 Å². The van der Waals surface area contributed by atoms with Gasteiger partial charge in [-0.1, -0.05) is 19.3 Å². The molecule has 1 unspecified atom stereocenters. The molecule has 1 aliphatic heterocycles. The Bertz CT molecular complexity index is 279. The Hall–Kier alpha value is -0.610. The molecule has 2 rings (SSSR count). The standard InChI is InChI=1S/C13H24N2O2/c1-12(6-5-9-17-12)10-15-11(16)13(14)7-3-2-4-8-13/h2-10,14H2,1H3,(H,15,16). The van der Waals surface area contributed by atoms with E-state index in [0.29, 0.717) is 6.54 Å². The number of carbonyl (C=O) groups excluding carboxylic acids is 1. The normalized spacial score (nSPS) is 32.4. The monoisotopic (exact) mass is 240 g/mol. The lowest BCUT2D eigenvalue weighted by atomic mass is 9.82. The molecule has 0 radical (unpaired) electrons. The van der Waals surface area contributed by atoms with E-state index in [0.717, 1.165) is 45.1 Å². The van der Waals surface area contributed by atoms with E-state index >= 15 is 0 Å². The van der Waals surface area contributed by atoms with E-state index in [1.165, 1.54) is 6.42 Å². The maximum absolute atomic E-state index is 12.1. The van der Waals surface area contributed by atoms with E-state index in [-0.39, 0.29) is 11.5 Å². The highest BCUT2D eigenvalue weighted by molar-refractivity contribution is 5.86. The van der Waals surface area contributed by atoms with Crippen molar-refractivity contribution in [1.29, 1.82) is 0 Å². The fourth-order valence-electron chi connectivity index (χ4n) is 2.83. The minimum atomic E-state index is -0.632. The van der Waals surface area contributed by atoms with Crippen molar-refractivity contribution in [3.05, 3.63) is 0 Å². The highest BCUT2D eigenvalue weighted by Gasteiger charge is 2.37. The van der Waals surface area contributed by atoms with Crippen LogP contribution >= 0.6 is 0 Å². The van der Waals surface area contributed by atoms with Crippen LogP contribution < -0.4 is 11.1 Å². The van der Waals surface area contributed by atoms with E-state index < -0.39 is 5.54 Å². The summed E-state index contributed by atoms with van der Waals surface area (Å²) in [5.74, 6) is 0.00826. The van der Waals surface area contributed by atoms with Crippen LogP contribution in [0.4, 0.5) is 0 Å². The Morgan fingerprint density at radius 2 is 1.94 bits per heavy atom. The molecule has 2 aliphatic rings. The second-order valence-corrected chi connectivity index (χ2v) is 5.80. The molecule has 1 aliphatic carbocycles. The van der Waals surface area contributed by atoms with Gasteiger partial charge >= 0.3 is 0 Å². The van der Waals surface area contributed by atoms with E-state index in [1.54, 1.807) is 0 Å². The molecule has 0 aromatic rings. The van der Waals surface area contributed by atoms with Gasteiger partial charge in [-0.05, 0) is 32.6 Å². The first-order chi connectivity index (χ1) is 8.04. The second kappa shape index (κ2) is 4.94. The van der Waals surface area contributed by atoms with Gasteiger partial charge in [0.2, 0.25) is 5.91 Å². The summed E-state index contributed by atoms with van der Waals surface area (Å²) in [6.45, 7) is 3.45. The smallest absolute Gasteiger partial charge is 0.240 e. The maximum atomic E-state index is 12.1. The van der Waals surface area contributed by atoms with Gasteiger partial charge in [-0.3, -0.25) is 4.79 Å². The van der Waals surface area contributed by atoms with E-state index in [4.69, 9.17) is 10.5 Å². The Morgan fingerprint density at radius 3 is 2.53 bits per heavy atom. The van der Waals surface area contributed by atoms with Crippen LogP contribution in [-0.4, -0.2) is 30.2 Å². The lowest BCUT2D eigenvalue weighted by molar-refractivity contribution is -0.128. The van der Waals surface area contributed by atoms with Gasteiger partial charge in [0.1, 0.15) is 0 Å². The summed E-state index contributed by atoms with van der Waals surface area (Å²) in [6.07, 6.45) is 7.07. The molecular weight excluding hydrogens is 216 g/mol. The van der Waals surface area contributed by atoms with Gasteiger partial charge in [0.25, 0.3) is 0 Å². The van der Waals surface area contributed by atoms with Crippen LogP contribution in [0.1, 0.15) is 51.9 Å². The van der Waals surface area contributed by atoms with Gasteiger partial charge in [-0.25, -0.2) is 0 Å². The molecule has 17 heavy (non-hydrogen) atoms. The summed E-state index contributed by atoms with van der Waals surface area (Å²) < 4.78 is 5.66. The third-order valence-electron chi connectivity index (χ3n) is 4.12. The summed E-state index contributed by atoms with van der Waals surface area (Å²) in [4.78, 5) is 12.1. The molecule has 0 aromatic carbocycles.